The van der Waals surface area contributed by atoms with E-state index in [0.717, 1.165) is 18.8 Å². The Balaban J connectivity index is 1.61. The fraction of sp³-hybridized carbons (Fsp3) is 0.828. The van der Waals surface area contributed by atoms with Gasteiger partial charge < -0.3 is 10.0 Å². The lowest BCUT2D eigenvalue weighted by Gasteiger charge is -2.63. The van der Waals surface area contributed by atoms with E-state index < -0.39 is 0 Å². The van der Waals surface area contributed by atoms with Gasteiger partial charge in [0.05, 0.1) is 6.10 Å². The molecule has 3 aliphatic carbocycles. The number of likely N-dealkylation sites (tertiary alicyclic amines) is 1. The molecule has 3 saturated carbocycles. The van der Waals surface area contributed by atoms with Gasteiger partial charge in [0.1, 0.15) is 0 Å². The molecule has 1 N–H and O–H groups in total. The largest absolute Gasteiger partial charge is 0.393 e. The molecule has 32 heavy (non-hydrogen) atoms. The number of hydrogen-bond donors (Lipinski definition) is 1. The normalized spacial score (nSPS) is 44.6. The van der Waals surface area contributed by atoms with Crippen LogP contribution in [0.3, 0.4) is 0 Å². The highest BCUT2D eigenvalue weighted by Gasteiger charge is 2.64. The molecule has 0 aromatic rings. The maximum Gasteiger partial charge on any atom is 0.222 e. The fourth-order valence-electron chi connectivity index (χ4n) is 9.19. The Morgan fingerprint density at radius 2 is 1.75 bits per heavy atom. The predicted octanol–water partition coefficient (Wildman–Crippen LogP) is 6.23. The monoisotopic (exact) mass is 441 g/mol. The summed E-state index contributed by atoms with van der Waals surface area (Å²) in [6.45, 7) is 15.8. The second-order valence-electron chi connectivity index (χ2n) is 12.3. The first kappa shape index (κ1) is 24.0. The zero-order valence-corrected chi connectivity index (χ0v) is 21.1. The molecule has 180 valence electrons. The molecule has 0 aromatic heterocycles. The maximum absolute atomic E-state index is 12.5. The lowest BCUT2D eigenvalue weighted by atomic mass is 9.45. The molecule has 9 unspecified atom stereocenters. The molecular weight excluding hydrogens is 394 g/mol. The summed E-state index contributed by atoms with van der Waals surface area (Å²) >= 11 is 0. The minimum absolute atomic E-state index is 0.0408. The van der Waals surface area contributed by atoms with Gasteiger partial charge in [-0.2, -0.15) is 0 Å². The van der Waals surface area contributed by atoms with Gasteiger partial charge in [0.25, 0.3) is 0 Å². The highest BCUT2D eigenvalue weighted by Crippen LogP contribution is 2.68. The summed E-state index contributed by atoms with van der Waals surface area (Å²) in [6.07, 6.45) is 15.2. The average Bonchev–Trinajstić information content (AvgIpc) is 3.16. The first-order valence-corrected chi connectivity index (χ1v) is 13.4. The third-order valence-corrected chi connectivity index (χ3v) is 10.7. The molecule has 4 rings (SSSR count). The SMILES string of the molecule is C=CC12CCC3C(C(O)CC4N(C)C(=O)CCC34C=C)C1CCC2C(C)CCCC(C)C. The van der Waals surface area contributed by atoms with Gasteiger partial charge in [-0.1, -0.05) is 52.2 Å². The number of nitrogens with zero attached hydrogens (tertiary/aromatic N) is 1. The van der Waals surface area contributed by atoms with Crippen LogP contribution in [0.4, 0.5) is 0 Å². The lowest BCUT2D eigenvalue weighted by Crippen LogP contribution is -2.65. The molecule has 0 radical (unpaired) electrons. The number of rotatable bonds is 7. The number of aliphatic hydroxyl groups is 1. The molecule has 1 saturated heterocycles. The lowest BCUT2D eigenvalue weighted by molar-refractivity contribution is -0.170. The maximum atomic E-state index is 12.5. The molecular formula is C29H47NO2. The standard InChI is InChI=1S/C29H47NO2/c1-7-28-16-14-23-27(22(28)13-12-21(28)20(5)11-9-10-19(3)4)24(31)18-25-29(23,8-2)17-15-26(32)30(25)6/h7-8,19-25,27,31H,1-2,9-18H2,3-6H3. The Bertz CT molecular complexity index is 731. The molecule has 1 heterocycles. The van der Waals surface area contributed by atoms with E-state index in [1.165, 1.54) is 38.5 Å². The van der Waals surface area contributed by atoms with Crippen molar-refractivity contribution < 1.29 is 9.90 Å². The first-order chi connectivity index (χ1) is 15.2. The van der Waals surface area contributed by atoms with E-state index in [1.54, 1.807) is 0 Å². The van der Waals surface area contributed by atoms with Crippen molar-refractivity contribution in [1.82, 2.24) is 4.90 Å². The number of amides is 1. The molecule has 3 heteroatoms. The minimum atomic E-state index is -0.328. The molecule has 4 fully saturated rings. The van der Waals surface area contributed by atoms with Crippen LogP contribution in [-0.2, 0) is 4.79 Å². The number of carbonyl (C=O) groups excluding carboxylic acids is 1. The molecule has 1 aliphatic heterocycles. The van der Waals surface area contributed by atoms with Crippen molar-refractivity contribution in [3.05, 3.63) is 25.3 Å². The van der Waals surface area contributed by atoms with Crippen LogP contribution in [0.25, 0.3) is 0 Å². The van der Waals surface area contributed by atoms with E-state index in [-0.39, 0.29) is 28.9 Å². The minimum Gasteiger partial charge on any atom is -0.393 e. The van der Waals surface area contributed by atoms with Crippen LogP contribution in [0.2, 0.25) is 0 Å². The second kappa shape index (κ2) is 8.93. The number of hydrogen-bond acceptors (Lipinski definition) is 2. The van der Waals surface area contributed by atoms with Gasteiger partial charge in [0, 0.05) is 24.9 Å². The van der Waals surface area contributed by atoms with Crippen molar-refractivity contribution in [2.45, 2.75) is 97.1 Å². The van der Waals surface area contributed by atoms with Crippen molar-refractivity contribution >= 4 is 5.91 Å². The highest BCUT2D eigenvalue weighted by molar-refractivity contribution is 5.77. The number of allylic oxidation sites excluding steroid dienone is 1. The number of piperidine rings is 1. The van der Waals surface area contributed by atoms with E-state index in [0.29, 0.717) is 42.4 Å². The smallest absolute Gasteiger partial charge is 0.222 e. The summed E-state index contributed by atoms with van der Waals surface area (Å²) in [7, 11) is 1.94. The number of carbonyl (C=O) groups is 1. The third kappa shape index (κ3) is 3.53. The van der Waals surface area contributed by atoms with Crippen LogP contribution in [-0.4, -0.2) is 35.1 Å². The predicted molar refractivity (Wildman–Crippen MR) is 132 cm³/mol. The summed E-state index contributed by atoms with van der Waals surface area (Å²) in [5.74, 6) is 3.68. The Labute approximate surface area is 196 Å². The van der Waals surface area contributed by atoms with Crippen LogP contribution in [0.1, 0.15) is 85.0 Å². The Hall–Kier alpha value is -1.09. The van der Waals surface area contributed by atoms with Crippen molar-refractivity contribution in [3.8, 4) is 0 Å². The van der Waals surface area contributed by atoms with Crippen LogP contribution in [0, 0.1) is 46.3 Å². The zero-order chi connectivity index (χ0) is 23.3. The van der Waals surface area contributed by atoms with Gasteiger partial charge in [-0.3, -0.25) is 4.79 Å². The molecule has 0 bridgehead atoms. The van der Waals surface area contributed by atoms with Crippen LogP contribution in [0.15, 0.2) is 25.3 Å². The third-order valence-electron chi connectivity index (χ3n) is 10.7. The van der Waals surface area contributed by atoms with Crippen molar-refractivity contribution in [1.29, 1.82) is 0 Å². The molecule has 0 spiro atoms. The second-order valence-corrected chi connectivity index (χ2v) is 12.3. The average molecular weight is 442 g/mol. The van der Waals surface area contributed by atoms with Gasteiger partial charge in [-0.05, 0) is 79.4 Å². The summed E-state index contributed by atoms with van der Waals surface area (Å²) in [5.41, 5.74) is 0.131. The van der Waals surface area contributed by atoms with E-state index in [9.17, 15) is 9.90 Å². The van der Waals surface area contributed by atoms with E-state index in [2.05, 4.69) is 46.1 Å². The number of aliphatic hydroxyl groups excluding tert-OH is 1. The molecule has 1 amide bonds. The van der Waals surface area contributed by atoms with Crippen LogP contribution < -0.4 is 0 Å². The molecule has 0 aromatic carbocycles. The summed E-state index contributed by atoms with van der Waals surface area (Å²) in [5, 5.41) is 11.5. The highest BCUT2D eigenvalue weighted by atomic mass is 16.3. The van der Waals surface area contributed by atoms with Gasteiger partial charge >= 0.3 is 0 Å². The quantitative estimate of drug-likeness (QED) is 0.476. The molecule has 9 atom stereocenters. The van der Waals surface area contributed by atoms with Gasteiger partial charge in [-0.25, -0.2) is 0 Å². The first-order valence-electron chi connectivity index (χ1n) is 13.4. The summed E-state index contributed by atoms with van der Waals surface area (Å²) < 4.78 is 0. The molecule has 3 nitrogen and oxygen atoms in total. The molecule has 4 aliphatic rings. The van der Waals surface area contributed by atoms with Crippen LogP contribution in [0.5, 0.6) is 0 Å². The van der Waals surface area contributed by atoms with Gasteiger partial charge in [-0.15, -0.1) is 13.2 Å². The Morgan fingerprint density at radius 1 is 1.06 bits per heavy atom. The van der Waals surface area contributed by atoms with Crippen molar-refractivity contribution in [2.75, 3.05) is 7.05 Å². The summed E-state index contributed by atoms with van der Waals surface area (Å²) in [6, 6.07) is 0.0980. The zero-order valence-electron chi connectivity index (χ0n) is 21.1. The van der Waals surface area contributed by atoms with E-state index in [4.69, 9.17) is 0 Å². The summed E-state index contributed by atoms with van der Waals surface area (Å²) in [4.78, 5) is 14.4. The van der Waals surface area contributed by atoms with Gasteiger partial charge in [0.15, 0.2) is 0 Å². The van der Waals surface area contributed by atoms with E-state index >= 15 is 0 Å². The Kier molecular flexibility index (Phi) is 6.71. The number of fused-ring (bicyclic) bond motifs is 5. The van der Waals surface area contributed by atoms with Gasteiger partial charge in [0.2, 0.25) is 5.91 Å². The fourth-order valence-corrected chi connectivity index (χ4v) is 9.19. The Morgan fingerprint density at radius 3 is 2.41 bits per heavy atom. The van der Waals surface area contributed by atoms with Crippen LogP contribution >= 0.6 is 0 Å². The van der Waals surface area contributed by atoms with Crippen molar-refractivity contribution in [2.24, 2.45) is 46.3 Å². The van der Waals surface area contributed by atoms with E-state index in [1.807, 2.05) is 11.9 Å². The van der Waals surface area contributed by atoms with Crippen molar-refractivity contribution in [3.63, 3.8) is 0 Å². The topological polar surface area (TPSA) is 40.5 Å².